The van der Waals surface area contributed by atoms with Crippen molar-refractivity contribution in [1.82, 2.24) is 10.2 Å². The number of phenolic OH excluding ortho intramolecular Hbond substituents is 1. The maximum atomic E-state index is 10.1. The number of likely N-dealkylation sites (tertiary alicyclic amines) is 1. The zero-order chi connectivity index (χ0) is 14.7. The summed E-state index contributed by atoms with van der Waals surface area (Å²) in [5, 5.41) is 13.8. The van der Waals surface area contributed by atoms with Crippen molar-refractivity contribution in [1.29, 1.82) is 0 Å². The van der Waals surface area contributed by atoms with Gasteiger partial charge in [-0.25, -0.2) is 0 Å². The average molecular weight is 290 g/mol. The Bertz CT molecular complexity index is 472. The van der Waals surface area contributed by atoms with Crippen LogP contribution in [0.5, 0.6) is 11.5 Å². The Balaban J connectivity index is 1.61. The first-order valence-corrected chi connectivity index (χ1v) is 8.08. The number of nitrogens with one attached hydrogen (secondary N) is 1. The van der Waals surface area contributed by atoms with Crippen molar-refractivity contribution in [2.45, 2.75) is 38.3 Å². The van der Waals surface area contributed by atoms with Crippen LogP contribution >= 0.6 is 0 Å². The van der Waals surface area contributed by atoms with Crippen molar-refractivity contribution in [2.75, 3.05) is 26.7 Å². The van der Waals surface area contributed by atoms with Gasteiger partial charge in [0, 0.05) is 30.8 Å². The van der Waals surface area contributed by atoms with Crippen molar-refractivity contribution >= 4 is 0 Å². The zero-order valence-electron chi connectivity index (χ0n) is 12.8. The number of benzene rings is 1. The van der Waals surface area contributed by atoms with E-state index in [-0.39, 0.29) is 0 Å². The van der Waals surface area contributed by atoms with Gasteiger partial charge in [-0.05, 0) is 50.8 Å². The fraction of sp³-hybridized carbons (Fsp3) is 0.647. The number of aromatic hydroxyl groups is 1. The molecule has 21 heavy (non-hydrogen) atoms. The van der Waals surface area contributed by atoms with Gasteiger partial charge in [-0.2, -0.15) is 0 Å². The number of hydrogen-bond donors (Lipinski definition) is 2. The van der Waals surface area contributed by atoms with Crippen LogP contribution in [0.1, 0.15) is 31.2 Å². The van der Waals surface area contributed by atoms with Crippen molar-refractivity contribution < 1.29 is 9.84 Å². The van der Waals surface area contributed by atoms with E-state index in [0.717, 1.165) is 31.1 Å². The highest BCUT2D eigenvalue weighted by Crippen LogP contribution is 2.28. The molecule has 1 aromatic rings. The largest absolute Gasteiger partial charge is 0.507 e. The van der Waals surface area contributed by atoms with Crippen LogP contribution in [0.4, 0.5) is 0 Å². The Morgan fingerprint density at radius 1 is 1.33 bits per heavy atom. The van der Waals surface area contributed by atoms with E-state index in [1.807, 2.05) is 12.1 Å². The summed E-state index contributed by atoms with van der Waals surface area (Å²) in [6.45, 7) is 4.29. The van der Waals surface area contributed by atoms with Crippen LogP contribution in [-0.2, 0) is 6.54 Å². The summed E-state index contributed by atoms with van der Waals surface area (Å²) in [7, 11) is 1.62. The van der Waals surface area contributed by atoms with Crippen LogP contribution < -0.4 is 10.1 Å². The van der Waals surface area contributed by atoms with Gasteiger partial charge in [-0.1, -0.05) is 6.07 Å². The smallest absolute Gasteiger partial charge is 0.123 e. The molecule has 2 aliphatic rings. The zero-order valence-corrected chi connectivity index (χ0v) is 12.8. The molecule has 2 aliphatic heterocycles. The van der Waals surface area contributed by atoms with E-state index in [4.69, 9.17) is 4.74 Å². The molecule has 0 amide bonds. The molecule has 2 saturated heterocycles. The Labute approximate surface area is 127 Å². The molecule has 0 bridgehead atoms. The second kappa shape index (κ2) is 6.67. The van der Waals surface area contributed by atoms with Gasteiger partial charge in [-0.15, -0.1) is 0 Å². The van der Waals surface area contributed by atoms with Crippen LogP contribution in [0.25, 0.3) is 0 Å². The van der Waals surface area contributed by atoms with E-state index in [1.165, 1.54) is 32.2 Å². The third kappa shape index (κ3) is 3.50. The summed E-state index contributed by atoms with van der Waals surface area (Å²) < 4.78 is 5.14. The van der Waals surface area contributed by atoms with Gasteiger partial charge in [0.05, 0.1) is 7.11 Å². The van der Waals surface area contributed by atoms with Gasteiger partial charge in [0.15, 0.2) is 0 Å². The molecular formula is C17H26N2O2. The lowest BCUT2D eigenvalue weighted by Crippen LogP contribution is -2.43. The van der Waals surface area contributed by atoms with Crippen molar-refractivity contribution in [3.63, 3.8) is 0 Å². The average Bonchev–Trinajstić information content (AvgIpc) is 3.04. The van der Waals surface area contributed by atoms with Crippen molar-refractivity contribution in [2.24, 2.45) is 5.92 Å². The number of rotatable bonds is 4. The van der Waals surface area contributed by atoms with Gasteiger partial charge in [-0.3, -0.25) is 4.90 Å². The SMILES string of the molecule is COc1ccc(CN2CCCC(C3CCCN3)C2)c(O)c1. The lowest BCUT2D eigenvalue weighted by molar-refractivity contribution is 0.144. The standard InChI is InChI=1S/C17H26N2O2/c1-21-15-7-6-14(17(20)10-15)12-19-9-3-4-13(11-19)16-5-2-8-18-16/h6-7,10,13,16,18,20H,2-5,8-9,11-12H2,1H3. The molecular weight excluding hydrogens is 264 g/mol. The third-order valence-electron chi connectivity index (χ3n) is 4.90. The lowest BCUT2D eigenvalue weighted by Gasteiger charge is -2.36. The first-order valence-electron chi connectivity index (χ1n) is 8.08. The molecule has 0 saturated carbocycles. The van der Waals surface area contributed by atoms with Gasteiger partial charge < -0.3 is 15.2 Å². The molecule has 0 radical (unpaired) electrons. The fourth-order valence-electron chi connectivity index (χ4n) is 3.72. The number of nitrogens with zero attached hydrogens (tertiary/aromatic N) is 1. The maximum Gasteiger partial charge on any atom is 0.123 e. The summed E-state index contributed by atoms with van der Waals surface area (Å²) in [4.78, 5) is 2.48. The van der Waals surface area contributed by atoms with Crippen LogP contribution in [0.2, 0.25) is 0 Å². The van der Waals surface area contributed by atoms with Crippen molar-refractivity contribution in [3.8, 4) is 11.5 Å². The number of piperidine rings is 1. The van der Waals surface area contributed by atoms with Crippen molar-refractivity contribution in [3.05, 3.63) is 23.8 Å². The highest BCUT2D eigenvalue weighted by Gasteiger charge is 2.29. The minimum atomic E-state index is 0.343. The van der Waals surface area contributed by atoms with E-state index >= 15 is 0 Å². The molecule has 2 heterocycles. The monoisotopic (exact) mass is 290 g/mol. The first-order chi connectivity index (χ1) is 10.3. The summed E-state index contributed by atoms with van der Waals surface area (Å²) >= 11 is 0. The number of ether oxygens (including phenoxy) is 1. The summed E-state index contributed by atoms with van der Waals surface area (Å²) in [5.74, 6) is 1.82. The molecule has 0 aliphatic carbocycles. The van der Waals surface area contributed by atoms with Gasteiger partial charge >= 0.3 is 0 Å². The minimum absolute atomic E-state index is 0.343. The predicted molar refractivity (Wildman–Crippen MR) is 83.7 cm³/mol. The Morgan fingerprint density at radius 2 is 2.24 bits per heavy atom. The molecule has 4 nitrogen and oxygen atoms in total. The van der Waals surface area contributed by atoms with Gasteiger partial charge in [0.25, 0.3) is 0 Å². The first kappa shape index (κ1) is 14.7. The fourth-order valence-corrected chi connectivity index (χ4v) is 3.72. The molecule has 0 spiro atoms. The number of phenols is 1. The number of methoxy groups -OCH3 is 1. The number of hydrogen-bond acceptors (Lipinski definition) is 4. The topological polar surface area (TPSA) is 44.7 Å². The van der Waals surface area contributed by atoms with Crippen LogP contribution in [0.15, 0.2) is 18.2 Å². The normalized spacial score (nSPS) is 26.9. The third-order valence-corrected chi connectivity index (χ3v) is 4.90. The second-order valence-electron chi connectivity index (χ2n) is 6.33. The molecule has 2 atom stereocenters. The van der Waals surface area contributed by atoms with Gasteiger partial charge in [0.1, 0.15) is 11.5 Å². The van der Waals surface area contributed by atoms with Crippen LogP contribution in [0, 0.1) is 5.92 Å². The molecule has 1 aromatic carbocycles. The Hall–Kier alpha value is -1.26. The van der Waals surface area contributed by atoms with E-state index in [9.17, 15) is 5.11 Å². The summed E-state index contributed by atoms with van der Waals surface area (Å²) in [6.07, 6.45) is 5.25. The minimum Gasteiger partial charge on any atom is -0.507 e. The van der Waals surface area contributed by atoms with Gasteiger partial charge in [0.2, 0.25) is 0 Å². The highest BCUT2D eigenvalue weighted by molar-refractivity contribution is 5.39. The van der Waals surface area contributed by atoms with E-state index < -0.39 is 0 Å². The lowest BCUT2D eigenvalue weighted by atomic mass is 9.89. The Kier molecular flexibility index (Phi) is 4.66. The molecule has 0 aromatic heterocycles. The molecule has 4 heteroatoms. The molecule has 2 unspecified atom stereocenters. The summed E-state index contributed by atoms with van der Waals surface area (Å²) in [6, 6.07) is 6.31. The molecule has 2 N–H and O–H groups in total. The van der Waals surface area contributed by atoms with E-state index in [0.29, 0.717) is 17.5 Å². The molecule has 3 rings (SSSR count). The predicted octanol–water partition coefficient (Wildman–Crippen LogP) is 2.36. The van der Waals surface area contributed by atoms with Crippen LogP contribution in [-0.4, -0.2) is 42.8 Å². The second-order valence-corrected chi connectivity index (χ2v) is 6.33. The van der Waals surface area contributed by atoms with E-state index in [2.05, 4.69) is 10.2 Å². The van der Waals surface area contributed by atoms with E-state index in [1.54, 1.807) is 13.2 Å². The quantitative estimate of drug-likeness (QED) is 0.893. The maximum absolute atomic E-state index is 10.1. The Morgan fingerprint density at radius 3 is 2.95 bits per heavy atom. The molecule has 116 valence electrons. The highest BCUT2D eigenvalue weighted by atomic mass is 16.5. The summed E-state index contributed by atoms with van der Waals surface area (Å²) in [5.41, 5.74) is 0.996. The van der Waals surface area contributed by atoms with Crippen LogP contribution in [0.3, 0.4) is 0 Å². The molecule has 2 fully saturated rings.